The molecule has 1 aliphatic rings. The highest BCUT2D eigenvalue weighted by molar-refractivity contribution is 5.42. The Balaban J connectivity index is 2.01. The molecule has 0 amide bonds. The molecule has 1 saturated heterocycles. The molecule has 0 spiro atoms. The number of phenols is 1. The van der Waals surface area contributed by atoms with E-state index in [4.69, 9.17) is 4.74 Å². The summed E-state index contributed by atoms with van der Waals surface area (Å²) in [5.74, 6) is 0.488. The molecule has 0 bridgehead atoms. The SMILES string of the molecule is COc1cc(C(O)CN2CCNCC2)ccc1O. The maximum Gasteiger partial charge on any atom is 0.160 e. The van der Waals surface area contributed by atoms with E-state index in [9.17, 15) is 10.2 Å². The third-order valence-electron chi connectivity index (χ3n) is 3.23. The van der Waals surface area contributed by atoms with Crippen LogP contribution in [0.2, 0.25) is 0 Å². The topological polar surface area (TPSA) is 65.0 Å². The first-order valence-electron chi connectivity index (χ1n) is 6.18. The Labute approximate surface area is 107 Å². The van der Waals surface area contributed by atoms with Gasteiger partial charge in [-0.1, -0.05) is 6.07 Å². The summed E-state index contributed by atoms with van der Waals surface area (Å²) in [6, 6.07) is 4.96. The Kier molecular flexibility index (Phi) is 4.41. The second-order valence-corrected chi connectivity index (χ2v) is 4.50. The summed E-state index contributed by atoms with van der Waals surface area (Å²) in [5.41, 5.74) is 0.767. The number of rotatable bonds is 4. The van der Waals surface area contributed by atoms with E-state index in [0.717, 1.165) is 31.7 Å². The number of hydrogen-bond donors (Lipinski definition) is 3. The zero-order valence-electron chi connectivity index (χ0n) is 10.6. The Morgan fingerprint density at radius 1 is 1.39 bits per heavy atom. The molecule has 1 atom stereocenters. The summed E-state index contributed by atoms with van der Waals surface area (Å²) in [4.78, 5) is 2.22. The van der Waals surface area contributed by atoms with Crippen molar-refractivity contribution in [1.29, 1.82) is 0 Å². The van der Waals surface area contributed by atoms with Crippen LogP contribution in [0, 0.1) is 0 Å². The molecule has 1 unspecified atom stereocenters. The zero-order chi connectivity index (χ0) is 13.0. The normalized spacial score (nSPS) is 18.6. The van der Waals surface area contributed by atoms with E-state index in [1.807, 2.05) is 0 Å². The van der Waals surface area contributed by atoms with E-state index in [0.29, 0.717) is 12.3 Å². The molecule has 0 aliphatic carbocycles. The van der Waals surface area contributed by atoms with Crippen molar-refractivity contribution in [3.63, 3.8) is 0 Å². The quantitative estimate of drug-likeness (QED) is 0.721. The minimum Gasteiger partial charge on any atom is -0.504 e. The molecule has 1 aliphatic heterocycles. The number of aromatic hydroxyl groups is 1. The number of β-amino-alcohol motifs (C(OH)–C–C–N with tert-alkyl or cyclic N) is 1. The van der Waals surface area contributed by atoms with Gasteiger partial charge in [-0.3, -0.25) is 4.90 Å². The molecule has 3 N–H and O–H groups in total. The van der Waals surface area contributed by atoms with Crippen LogP contribution in [0.1, 0.15) is 11.7 Å². The predicted octanol–water partition coefficient (Wildman–Crippen LogP) is 0.339. The standard InChI is InChI=1S/C13H20N2O3/c1-18-13-8-10(2-3-11(13)16)12(17)9-15-6-4-14-5-7-15/h2-3,8,12,14,16-17H,4-7,9H2,1H3. The number of nitrogens with one attached hydrogen (secondary N) is 1. The van der Waals surface area contributed by atoms with Crippen LogP contribution in [0.5, 0.6) is 11.5 Å². The molecule has 1 heterocycles. The fraction of sp³-hybridized carbons (Fsp3) is 0.538. The number of ether oxygens (including phenoxy) is 1. The number of hydrogen-bond acceptors (Lipinski definition) is 5. The van der Waals surface area contributed by atoms with Crippen molar-refractivity contribution in [3.8, 4) is 11.5 Å². The van der Waals surface area contributed by atoms with Crippen LogP contribution in [0.25, 0.3) is 0 Å². The number of methoxy groups -OCH3 is 1. The van der Waals surface area contributed by atoms with E-state index >= 15 is 0 Å². The van der Waals surface area contributed by atoms with Crippen LogP contribution in [-0.4, -0.2) is 54.9 Å². The van der Waals surface area contributed by atoms with Crippen molar-refractivity contribution >= 4 is 0 Å². The average Bonchev–Trinajstić information content (AvgIpc) is 2.40. The Hall–Kier alpha value is -1.30. The van der Waals surface area contributed by atoms with E-state index in [2.05, 4.69) is 10.2 Å². The van der Waals surface area contributed by atoms with Gasteiger partial charge in [-0.15, -0.1) is 0 Å². The lowest BCUT2D eigenvalue weighted by Gasteiger charge is -2.29. The van der Waals surface area contributed by atoms with E-state index < -0.39 is 6.10 Å². The fourth-order valence-electron chi connectivity index (χ4n) is 2.15. The monoisotopic (exact) mass is 252 g/mol. The molecule has 5 heteroatoms. The number of phenolic OH excluding ortho intramolecular Hbond substituents is 1. The van der Waals surface area contributed by atoms with Crippen LogP contribution in [0.4, 0.5) is 0 Å². The first-order valence-corrected chi connectivity index (χ1v) is 6.18. The van der Waals surface area contributed by atoms with Gasteiger partial charge in [-0.25, -0.2) is 0 Å². The molecular weight excluding hydrogens is 232 g/mol. The molecule has 1 aromatic rings. The van der Waals surface area contributed by atoms with Gasteiger partial charge in [0, 0.05) is 32.7 Å². The summed E-state index contributed by atoms with van der Waals surface area (Å²) >= 11 is 0. The summed E-state index contributed by atoms with van der Waals surface area (Å²) in [6.45, 7) is 4.44. The molecule has 1 aromatic carbocycles. The second kappa shape index (κ2) is 6.04. The van der Waals surface area contributed by atoms with Crippen molar-refractivity contribution in [2.45, 2.75) is 6.10 Å². The molecule has 5 nitrogen and oxygen atoms in total. The Bertz CT molecular complexity index is 392. The largest absolute Gasteiger partial charge is 0.504 e. The highest BCUT2D eigenvalue weighted by Gasteiger charge is 2.16. The van der Waals surface area contributed by atoms with Gasteiger partial charge in [-0.05, 0) is 17.7 Å². The van der Waals surface area contributed by atoms with E-state index in [-0.39, 0.29) is 5.75 Å². The average molecular weight is 252 g/mol. The minimum atomic E-state index is -0.558. The summed E-state index contributed by atoms with van der Waals surface area (Å²) < 4.78 is 5.04. The predicted molar refractivity (Wildman–Crippen MR) is 68.9 cm³/mol. The van der Waals surface area contributed by atoms with Gasteiger partial charge in [0.2, 0.25) is 0 Å². The van der Waals surface area contributed by atoms with Crippen LogP contribution in [0.3, 0.4) is 0 Å². The third-order valence-corrected chi connectivity index (χ3v) is 3.23. The molecule has 100 valence electrons. The van der Waals surface area contributed by atoms with Crippen molar-refractivity contribution < 1.29 is 14.9 Å². The van der Waals surface area contributed by atoms with Crippen LogP contribution < -0.4 is 10.1 Å². The van der Waals surface area contributed by atoms with E-state index in [1.165, 1.54) is 7.11 Å². The summed E-state index contributed by atoms with van der Waals surface area (Å²) in [5, 5.41) is 23.0. The summed E-state index contributed by atoms with van der Waals surface area (Å²) in [6.07, 6.45) is -0.558. The van der Waals surface area contributed by atoms with Gasteiger partial charge < -0.3 is 20.3 Å². The maximum atomic E-state index is 10.2. The van der Waals surface area contributed by atoms with Gasteiger partial charge in [0.15, 0.2) is 11.5 Å². The van der Waals surface area contributed by atoms with Crippen molar-refractivity contribution in [2.24, 2.45) is 0 Å². The van der Waals surface area contributed by atoms with Gasteiger partial charge in [0.1, 0.15) is 0 Å². The van der Waals surface area contributed by atoms with Gasteiger partial charge in [0.05, 0.1) is 13.2 Å². The number of benzene rings is 1. The highest BCUT2D eigenvalue weighted by atomic mass is 16.5. The number of nitrogens with zero attached hydrogens (tertiary/aromatic N) is 1. The fourth-order valence-corrected chi connectivity index (χ4v) is 2.15. The number of aliphatic hydroxyl groups is 1. The minimum absolute atomic E-state index is 0.0932. The van der Waals surface area contributed by atoms with Crippen LogP contribution in [0.15, 0.2) is 18.2 Å². The highest BCUT2D eigenvalue weighted by Crippen LogP contribution is 2.29. The first kappa shape index (κ1) is 13.1. The third kappa shape index (κ3) is 3.13. The van der Waals surface area contributed by atoms with Crippen molar-refractivity contribution in [2.75, 3.05) is 39.8 Å². The van der Waals surface area contributed by atoms with Crippen LogP contribution in [-0.2, 0) is 0 Å². The molecule has 1 fully saturated rings. The molecule has 0 radical (unpaired) electrons. The smallest absolute Gasteiger partial charge is 0.160 e. The first-order chi connectivity index (χ1) is 8.70. The molecule has 18 heavy (non-hydrogen) atoms. The lowest BCUT2D eigenvalue weighted by molar-refractivity contribution is 0.105. The molecule has 2 rings (SSSR count). The van der Waals surface area contributed by atoms with Gasteiger partial charge >= 0.3 is 0 Å². The summed E-state index contributed by atoms with van der Waals surface area (Å²) in [7, 11) is 1.50. The Morgan fingerprint density at radius 2 is 2.11 bits per heavy atom. The Morgan fingerprint density at radius 3 is 2.78 bits per heavy atom. The molecule has 0 aromatic heterocycles. The van der Waals surface area contributed by atoms with Gasteiger partial charge in [-0.2, -0.15) is 0 Å². The van der Waals surface area contributed by atoms with Crippen molar-refractivity contribution in [1.82, 2.24) is 10.2 Å². The van der Waals surface area contributed by atoms with Crippen LogP contribution >= 0.6 is 0 Å². The molecule has 0 saturated carbocycles. The number of aliphatic hydroxyl groups excluding tert-OH is 1. The van der Waals surface area contributed by atoms with E-state index in [1.54, 1.807) is 18.2 Å². The maximum absolute atomic E-state index is 10.2. The lowest BCUT2D eigenvalue weighted by Crippen LogP contribution is -2.44. The van der Waals surface area contributed by atoms with Gasteiger partial charge in [0.25, 0.3) is 0 Å². The second-order valence-electron chi connectivity index (χ2n) is 4.50. The van der Waals surface area contributed by atoms with Crippen molar-refractivity contribution in [3.05, 3.63) is 23.8 Å². The zero-order valence-corrected chi connectivity index (χ0v) is 10.6. The number of piperazine rings is 1. The lowest BCUT2D eigenvalue weighted by atomic mass is 10.1. The molecular formula is C13H20N2O3.